The van der Waals surface area contributed by atoms with Crippen LogP contribution in [0.1, 0.15) is 69.4 Å². The first-order valence-electron chi connectivity index (χ1n) is 11.3. The minimum absolute atomic E-state index is 0. The second-order valence-electron chi connectivity index (χ2n) is 9.32. The first-order valence-corrected chi connectivity index (χ1v) is 11.3. The molecule has 1 saturated heterocycles. The Labute approximate surface area is 199 Å². The zero-order valence-corrected chi connectivity index (χ0v) is 21.2. The maximum absolute atomic E-state index is 9.45. The molecule has 1 heterocycles. The predicted octanol–water partition coefficient (Wildman–Crippen LogP) is 4.19. The number of nitrogens with zero attached hydrogens (tertiary/aromatic N) is 1. The topological polar surface area (TPSA) is 65.9 Å². The van der Waals surface area contributed by atoms with E-state index in [-0.39, 0.29) is 41.4 Å². The highest BCUT2D eigenvalue weighted by Gasteiger charge is 2.37. The second kappa shape index (κ2) is 11.7. The SMILES string of the molecule is CN=C(NCC1(CCO)CCOC1)NCC1(c2ccc(C(C)C)cc2)CCCC1.I. The Morgan fingerprint density at radius 1 is 1.10 bits per heavy atom. The van der Waals surface area contributed by atoms with Gasteiger partial charge in [-0.05, 0) is 42.7 Å². The lowest BCUT2D eigenvalue weighted by Crippen LogP contribution is -2.48. The molecular weight excluding hydrogens is 489 g/mol. The van der Waals surface area contributed by atoms with E-state index in [4.69, 9.17) is 4.74 Å². The number of halogens is 1. The van der Waals surface area contributed by atoms with Crippen LogP contribution in [0.3, 0.4) is 0 Å². The third-order valence-corrected chi connectivity index (χ3v) is 7.03. The molecule has 170 valence electrons. The molecule has 2 fully saturated rings. The Balaban J connectivity index is 0.00000320. The molecule has 0 bridgehead atoms. The van der Waals surface area contributed by atoms with Crippen molar-refractivity contribution >= 4 is 29.9 Å². The van der Waals surface area contributed by atoms with E-state index in [2.05, 4.69) is 53.7 Å². The van der Waals surface area contributed by atoms with Crippen LogP contribution in [0.4, 0.5) is 0 Å². The number of rotatable bonds is 8. The molecule has 0 amide bonds. The number of hydrogen-bond acceptors (Lipinski definition) is 3. The van der Waals surface area contributed by atoms with Crippen LogP contribution >= 0.6 is 24.0 Å². The van der Waals surface area contributed by atoms with Crippen LogP contribution in [0.5, 0.6) is 0 Å². The van der Waals surface area contributed by atoms with E-state index >= 15 is 0 Å². The summed E-state index contributed by atoms with van der Waals surface area (Å²) >= 11 is 0. The van der Waals surface area contributed by atoms with Crippen LogP contribution < -0.4 is 10.6 Å². The summed E-state index contributed by atoms with van der Waals surface area (Å²) in [7, 11) is 1.83. The van der Waals surface area contributed by atoms with Crippen molar-refractivity contribution in [1.82, 2.24) is 10.6 Å². The van der Waals surface area contributed by atoms with Crippen LogP contribution in [0, 0.1) is 5.41 Å². The Morgan fingerprint density at radius 2 is 1.77 bits per heavy atom. The molecule has 1 aromatic rings. The van der Waals surface area contributed by atoms with Gasteiger partial charge in [-0.1, -0.05) is 51.0 Å². The van der Waals surface area contributed by atoms with Gasteiger partial charge in [-0.15, -0.1) is 24.0 Å². The molecule has 0 radical (unpaired) electrons. The van der Waals surface area contributed by atoms with Gasteiger partial charge in [0.05, 0.1) is 6.61 Å². The molecule has 3 rings (SSSR count). The summed E-state index contributed by atoms with van der Waals surface area (Å²) in [6.45, 7) is 7.87. The Morgan fingerprint density at radius 3 is 2.30 bits per heavy atom. The van der Waals surface area contributed by atoms with Crippen molar-refractivity contribution in [2.24, 2.45) is 10.4 Å². The van der Waals surface area contributed by atoms with Crippen molar-refractivity contribution in [1.29, 1.82) is 0 Å². The van der Waals surface area contributed by atoms with Gasteiger partial charge in [-0.25, -0.2) is 0 Å². The van der Waals surface area contributed by atoms with E-state index in [0.29, 0.717) is 12.5 Å². The summed E-state index contributed by atoms with van der Waals surface area (Å²) in [5.74, 6) is 1.41. The highest BCUT2D eigenvalue weighted by Crippen LogP contribution is 2.41. The van der Waals surface area contributed by atoms with Gasteiger partial charge in [0.2, 0.25) is 0 Å². The van der Waals surface area contributed by atoms with Crippen molar-refractivity contribution in [2.75, 3.05) is 40.0 Å². The number of benzene rings is 1. The van der Waals surface area contributed by atoms with E-state index in [1.807, 2.05) is 7.05 Å². The van der Waals surface area contributed by atoms with E-state index in [9.17, 15) is 5.11 Å². The quantitative estimate of drug-likeness (QED) is 0.269. The molecule has 1 aromatic carbocycles. The first kappa shape index (κ1) is 25.4. The summed E-state index contributed by atoms with van der Waals surface area (Å²) in [5, 5.41) is 16.6. The largest absolute Gasteiger partial charge is 0.396 e. The summed E-state index contributed by atoms with van der Waals surface area (Å²) in [4.78, 5) is 4.45. The van der Waals surface area contributed by atoms with E-state index in [1.165, 1.54) is 36.8 Å². The maximum atomic E-state index is 9.45. The normalized spacial score (nSPS) is 23.4. The predicted molar refractivity (Wildman–Crippen MR) is 135 cm³/mol. The fraction of sp³-hybridized carbons (Fsp3) is 0.708. The molecule has 5 nitrogen and oxygen atoms in total. The van der Waals surface area contributed by atoms with Crippen molar-refractivity contribution in [2.45, 2.75) is 63.7 Å². The van der Waals surface area contributed by atoms with Crippen LogP contribution in [0.2, 0.25) is 0 Å². The summed E-state index contributed by atoms with van der Waals surface area (Å²) in [6, 6.07) is 9.27. The van der Waals surface area contributed by atoms with Gasteiger partial charge in [0, 0.05) is 44.2 Å². The third-order valence-electron chi connectivity index (χ3n) is 7.03. The third kappa shape index (κ3) is 6.10. The molecule has 0 aromatic heterocycles. The molecule has 2 aliphatic rings. The zero-order valence-electron chi connectivity index (χ0n) is 18.9. The Hall–Kier alpha value is -0.860. The smallest absolute Gasteiger partial charge is 0.191 e. The van der Waals surface area contributed by atoms with Gasteiger partial charge >= 0.3 is 0 Å². The lowest BCUT2D eigenvalue weighted by molar-refractivity contribution is 0.127. The van der Waals surface area contributed by atoms with Gasteiger partial charge in [0.15, 0.2) is 5.96 Å². The van der Waals surface area contributed by atoms with Gasteiger partial charge in [-0.3, -0.25) is 4.99 Å². The van der Waals surface area contributed by atoms with Crippen molar-refractivity contribution in [3.63, 3.8) is 0 Å². The minimum Gasteiger partial charge on any atom is -0.396 e. The monoisotopic (exact) mass is 529 g/mol. The van der Waals surface area contributed by atoms with Crippen LogP contribution in [0.15, 0.2) is 29.3 Å². The summed E-state index contributed by atoms with van der Waals surface area (Å²) in [6.07, 6.45) is 6.78. The highest BCUT2D eigenvalue weighted by atomic mass is 127. The maximum Gasteiger partial charge on any atom is 0.191 e. The van der Waals surface area contributed by atoms with Gasteiger partial charge in [0.1, 0.15) is 0 Å². The molecular formula is C24H40IN3O2. The number of aliphatic imine (C=N–C) groups is 1. The molecule has 1 unspecified atom stereocenters. The average molecular weight is 530 g/mol. The molecule has 3 N–H and O–H groups in total. The standard InChI is InChI=1S/C24H39N3O2.HI/c1-19(2)20-6-8-21(9-7-20)24(10-4-5-11-24)17-27-22(25-3)26-16-23(12-14-28)13-15-29-18-23;/h6-9,19,28H,4-5,10-18H2,1-3H3,(H2,25,26,27);1H. The Kier molecular flexibility index (Phi) is 9.88. The van der Waals surface area contributed by atoms with Gasteiger partial charge in [-0.2, -0.15) is 0 Å². The lowest BCUT2D eigenvalue weighted by atomic mass is 9.78. The van der Waals surface area contributed by atoms with Crippen molar-refractivity contribution in [3.8, 4) is 0 Å². The van der Waals surface area contributed by atoms with Crippen LogP contribution in [-0.2, 0) is 10.2 Å². The summed E-state index contributed by atoms with van der Waals surface area (Å²) in [5.41, 5.74) is 3.06. The fourth-order valence-electron chi connectivity index (χ4n) is 4.90. The fourth-order valence-corrected chi connectivity index (χ4v) is 4.90. The molecule has 1 atom stereocenters. The highest BCUT2D eigenvalue weighted by molar-refractivity contribution is 14.0. The second-order valence-corrected chi connectivity index (χ2v) is 9.32. The molecule has 0 spiro atoms. The number of aliphatic hydroxyl groups is 1. The number of ether oxygens (including phenoxy) is 1. The number of hydrogen-bond donors (Lipinski definition) is 3. The molecule has 30 heavy (non-hydrogen) atoms. The molecule has 6 heteroatoms. The number of aliphatic hydroxyl groups excluding tert-OH is 1. The molecule has 1 aliphatic heterocycles. The Bertz CT molecular complexity index is 664. The number of nitrogens with one attached hydrogen (secondary N) is 2. The number of guanidine groups is 1. The van der Waals surface area contributed by atoms with E-state index < -0.39 is 0 Å². The van der Waals surface area contributed by atoms with Crippen molar-refractivity contribution in [3.05, 3.63) is 35.4 Å². The van der Waals surface area contributed by atoms with Crippen LogP contribution in [-0.4, -0.2) is 51.0 Å². The molecule has 1 saturated carbocycles. The lowest BCUT2D eigenvalue weighted by Gasteiger charge is -2.32. The van der Waals surface area contributed by atoms with Gasteiger partial charge < -0.3 is 20.5 Å². The zero-order chi connectivity index (χ0) is 20.7. The van der Waals surface area contributed by atoms with Gasteiger partial charge in [0.25, 0.3) is 0 Å². The van der Waals surface area contributed by atoms with Crippen LogP contribution in [0.25, 0.3) is 0 Å². The summed E-state index contributed by atoms with van der Waals surface area (Å²) < 4.78 is 5.61. The van der Waals surface area contributed by atoms with E-state index in [1.54, 1.807) is 0 Å². The first-order chi connectivity index (χ1) is 14.0. The van der Waals surface area contributed by atoms with Crippen molar-refractivity contribution < 1.29 is 9.84 Å². The van der Waals surface area contributed by atoms with E-state index in [0.717, 1.165) is 38.5 Å². The minimum atomic E-state index is 0. The average Bonchev–Trinajstić information content (AvgIpc) is 3.39. The molecule has 1 aliphatic carbocycles.